The van der Waals surface area contributed by atoms with Crippen LogP contribution in [0.2, 0.25) is 0 Å². The van der Waals surface area contributed by atoms with Crippen LogP contribution in [0.3, 0.4) is 0 Å². The van der Waals surface area contributed by atoms with Gasteiger partial charge >= 0.3 is 0 Å². The Morgan fingerprint density at radius 1 is 1.08 bits per heavy atom. The lowest BCUT2D eigenvalue weighted by atomic mass is 10.3. The highest BCUT2D eigenvalue weighted by atomic mass is 35.5. The topological polar surface area (TPSA) is 29.3 Å². The third kappa shape index (κ3) is 4.50. The van der Waals surface area contributed by atoms with E-state index >= 15 is 0 Å². The summed E-state index contributed by atoms with van der Waals surface area (Å²) < 4.78 is 0. The number of halogens is 2. The fourth-order valence-corrected chi connectivity index (χ4v) is 1.66. The molecule has 0 aromatic heterocycles. The zero-order valence-electron chi connectivity index (χ0n) is 7.95. The summed E-state index contributed by atoms with van der Waals surface area (Å²) in [7, 11) is 0. The summed E-state index contributed by atoms with van der Waals surface area (Å²) in [6.07, 6.45) is 5.78. The van der Waals surface area contributed by atoms with Crippen molar-refractivity contribution in [3.8, 4) is 0 Å². The molecule has 0 unspecified atom stereocenters. The smallest absolute Gasteiger partial charge is 0.0108 e. The van der Waals surface area contributed by atoms with Gasteiger partial charge in [0, 0.05) is 25.7 Å². The van der Waals surface area contributed by atoms with E-state index in [4.69, 9.17) is 5.73 Å². The van der Waals surface area contributed by atoms with Crippen molar-refractivity contribution in [2.45, 2.75) is 31.7 Å². The standard InChI is InChI=1S/C9H18N2.2ClH/c10-5-6-11(9-3-4-9)7-8-1-2-8;;/h8-9H,1-7,10H2;2*1H. The normalized spacial score (nSPS) is 20.8. The second-order valence-corrected chi connectivity index (χ2v) is 3.96. The fraction of sp³-hybridized carbons (Fsp3) is 1.00. The molecule has 0 radical (unpaired) electrons. The molecule has 2 saturated carbocycles. The van der Waals surface area contributed by atoms with Crippen LogP contribution in [-0.2, 0) is 0 Å². The molecule has 0 spiro atoms. The van der Waals surface area contributed by atoms with Gasteiger partial charge < -0.3 is 5.73 Å². The van der Waals surface area contributed by atoms with Crippen LogP contribution in [0.25, 0.3) is 0 Å². The second kappa shape index (κ2) is 6.07. The SMILES string of the molecule is Cl.Cl.NCCN(CC1CC1)C1CC1. The highest BCUT2D eigenvalue weighted by Gasteiger charge is 2.32. The molecule has 0 aromatic rings. The Kier molecular flexibility index (Phi) is 6.31. The van der Waals surface area contributed by atoms with Crippen molar-refractivity contribution in [1.29, 1.82) is 0 Å². The molecule has 0 amide bonds. The predicted molar refractivity (Wildman–Crippen MR) is 60.9 cm³/mol. The molecule has 2 fully saturated rings. The first-order valence-electron chi connectivity index (χ1n) is 4.84. The van der Waals surface area contributed by atoms with Crippen LogP contribution in [0, 0.1) is 5.92 Å². The Hall–Kier alpha value is 0.500. The molecule has 2 aliphatic rings. The Morgan fingerprint density at radius 3 is 2.08 bits per heavy atom. The van der Waals surface area contributed by atoms with Crippen LogP contribution < -0.4 is 5.73 Å². The molecular weight excluding hydrogens is 207 g/mol. The van der Waals surface area contributed by atoms with Gasteiger partial charge in [-0.15, -0.1) is 24.8 Å². The molecule has 0 heterocycles. The lowest BCUT2D eigenvalue weighted by Gasteiger charge is -2.20. The van der Waals surface area contributed by atoms with E-state index in [1.54, 1.807) is 0 Å². The van der Waals surface area contributed by atoms with Gasteiger partial charge in [-0.1, -0.05) is 0 Å². The van der Waals surface area contributed by atoms with Crippen LogP contribution >= 0.6 is 24.8 Å². The van der Waals surface area contributed by atoms with Crippen molar-refractivity contribution in [1.82, 2.24) is 4.90 Å². The molecule has 4 heteroatoms. The molecule has 2 N–H and O–H groups in total. The molecule has 13 heavy (non-hydrogen) atoms. The summed E-state index contributed by atoms with van der Waals surface area (Å²) in [6.45, 7) is 3.30. The van der Waals surface area contributed by atoms with Gasteiger partial charge in [-0.05, 0) is 31.6 Å². The maximum atomic E-state index is 5.55. The van der Waals surface area contributed by atoms with Gasteiger partial charge in [-0.3, -0.25) is 4.90 Å². The first-order chi connectivity index (χ1) is 5.40. The molecule has 0 aliphatic heterocycles. The van der Waals surface area contributed by atoms with Gasteiger partial charge in [-0.2, -0.15) is 0 Å². The van der Waals surface area contributed by atoms with E-state index in [-0.39, 0.29) is 24.8 Å². The minimum Gasteiger partial charge on any atom is -0.329 e. The van der Waals surface area contributed by atoms with Gasteiger partial charge in [0.25, 0.3) is 0 Å². The largest absolute Gasteiger partial charge is 0.329 e. The summed E-state index contributed by atoms with van der Waals surface area (Å²) in [5.74, 6) is 1.03. The Labute approximate surface area is 93.1 Å². The quantitative estimate of drug-likeness (QED) is 0.774. The van der Waals surface area contributed by atoms with Gasteiger partial charge in [0.1, 0.15) is 0 Å². The van der Waals surface area contributed by atoms with Crippen LogP contribution in [-0.4, -0.2) is 30.6 Å². The minimum absolute atomic E-state index is 0. The average molecular weight is 227 g/mol. The van der Waals surface area contributed by atoms with Gasteiger partial charge in [0.15, 0.2) is 0 Å². The van der Waals surface area contributed by atoms with Crippen molar-refractivity contribution in [3.05, 3.63) is 0 Å². The Bertz CT molecular complexity index is 136. The molecule has 0 saturated heterocycles. The Balaban J connectivity index is 0.000000720. The first kappa shape index (κ1) is 13.5. The van der Waals surface area contributed by atoms with Crippen molar-refractivity contribution in [3.63, 3.8) is 0 Å². The summed E-state index contributed by atoms with van der Waals surface area (Å²) >= 11 is 0. The third-order valence-electron chi connectivity index (χ3n) is 2.67. The number of nitrogens with zero attached hydrogens (tertiary/aromatic N) is 1. The predicted octanol–water partition coefficient (Wildman–Crippen LogP) is 1.66. The van der Waals surface area contributed by atoms with E-state index in [9.17, 15) is 0 Å². The average Bonchev–Trinajstić information content (AvgIpc) is 2.84. The highest BCUT2D eigenvalue weighted by Crippen LogP contribution is 2.34. The number of nitrogens with two attached hydrogens (primary N) is 1. The van der Waals surface area contributed by atoms with E-state index in [2.05, 4.69) is 4.90 Å². The van der Waals surface area contributed by atoms with Gasteiger partial charge in [-0.25, -0.2) is 0 Å². The lowest BCUT2D eigenvalue weighted by Crippen LogP contribution is -2.33. The van der Waals surface area contributed by atoms with Gasteiger partial charge in [0.2, 0.25) is 0 Å². The zero-order chi connectivity index (χ0) is 7.68. The molecule has 2 aliphatic carbocycles. The molecule has 80 valence electrons. The maximum Gasteiger partial charge on any atom is 0.0108 e. The number of hydrogen-bond acceptors (Lipinski definition) is 2. The van der Waals surface area contributed by atoms with Crippen LogP contribution in [0.15, 0.2) is 0 Å². The molecule has 0 bridgehead atoms. The van der Waals surface area contributed by atoms with Crippen molar-refractivity contribution in [2.75, 3.05) is 19.6 Å². The molecule has 2 nitrogen and oxygen atoms in total. The van der Waals surface area contributed by atoms with Gasteiger partial charge in [0.05, 0.1) is 0 Å². The Morgan fingerprint density at radius 2 is 1.69 bits per heavy atom. The molecular formula is C9H20Cl2N2. The monoisotopic (exact) mass is 226 g/mol. The third-order valence-corrected chi connectivity index (χ3v) is 2.67. The fourth-order valence-electron chi connectivity index (χ4n) is 1.66. The van der Waals surface area contributed by atoms with E-state index < -0.39 is 0 Å². The van der Waals surface area contributed by atoms with E-state index in [0.29, 0.717) is 0 Å². The summed E-state index contributed by atoms with van der Waals surface area (Å²) in [4.78, 5) is 2.59. The van der Waals surface area contributed by atoms with E-state index in [1.807, 2.05) is 0 Å². The van der Waals surface area contributed by atoms with Crippen LogP contribution in [0.4, 0.5) is 0 Å². The number of rotatable bonds is 5. The molecule has 0 aromatic carbocycles. The summed E-state index contributed by atoms with van der Waals surface area (Å²) in [6, 6.07) is 0.916. The first-order valence-corrected chi connectivity index (χ1v) is 4.84. The van der Waals surface area contributed by atoms with E-state index in [1.165, 1.54) is 32.2 Å². The highest BCUT2D eigenvalue weighted by molar-refractivity contribution is 5.85. The van der Waals surface area contributed by atoms with Crippen molar-refractivity contribution >= 4 is 24.8 Å². The molecule has 0 atom stereocenters. The van der Waals surface area contributed by atoms with Crippen LogP contribution in [0.1, 0.15) is 25.7 Å². The van der Waals surface area contributed by atoms with Crippen LogP contribution in [0.5, 0.6) is 0 Å². The second-order valence-electron chi connectivity index (χ2n) is 3.96. The maximum absolute atomic E-state index is 5.55. The zero-order valence-corrected chi connectivity index (χ0v) is 9.58. The minimum atomic E-state index is 0. The van der Waals surface area contributed by atoms with E-state index in [0.717, 1.165) is 25.0 Å². The number of hydrogen-bond donors (Lipinski definition) is 1. The summed E-state index contributed by atoms with van der Waals surface area (Å²) in [5.41, 5.74) is 5.55. The van der Waals surface area contributed by atoms with Crippen molar-refractivity contribution < 1.29 is 0 Å². The lowest BCUT2D eigenvalue weighted by molar-refractivity contribution is 0.260. The summed E-state index contributed by atoms with van der Waals surface area (Å²) in [5, 5.41) is 0. The van der Waals surface area contributed by atoms with Crippen molar-refractivity contribution in [2.24, 2.45) is 11.7 Å². The molecule has 2 rings (SSSR count).